The summed E-state index contributed by atoms with van der Waals surface area (Å²) in [4.78, 5) is 46.0. The molecule has 1 fully saturated rings. The molecule has 0 unspecified atom stereocenters. The average molecular weight is 360 g/mol. The van der Waals surface area contributed by atoms with Crippen molar-refractivity contribution in [2.75, 3.05) is 0 Å². The van der Waals surface area contributed by atoms with E-state index >= 15 is 0 Å². The van der Waals surface area contributed by atoms with Gasteiger partial charge in [-0.2, -0.15) is 0 Å². The Morgan fingerprint density at radius 2 is 1.48 bits per heavy atom. The molecular weight excluding hydrogens is 344 g/mol. The highest BCUT2D eigenvalue weighted by Crippen LogP contribution is 2.34. The molecule has 0 saturated carbocycles. The first-order valence-electron chi connectivity index (χ1n) is 8.52. The van der Waals surface area contributed by atoms with Crippen molar-refractivity contribution in [2.45, 2.75) is 18.3 Å². The minimum Gasteiger partial charge on any atom is -0.276 e. The number of nitrogens with zero attached hydrogens (tertiary/aromatic N) is 2. The Labute approximate surface area is 154 Å². The predicted molar refractivity (Wildman–Crippen MR) is 97.7 cm³/mol. The summed E-state index contributed by atoms with van der Waals surface area (Å²) in [6.45, 7) is 0. The van der Waals surface area contributed by atoms with Crippen LogP contribution in [0, 0.1) is 0 Å². The Bertz CT molecular complexity index is 1020. The zero-order chi connectivity index (χ0) is 18.9. The Morgan fingerprint density at radius 3 is 2.22 bits per heavy atom. The molecule has 1 aliphatic heterocycles. The van der Waals surface area contributed by atoms with Gasteiger partial charge in [0, 0.05) is 5.39 Å². The van der Waals surface area contributed by atoms with Crippen molar-refractivity contribution in [1.29, 1.82) is 0 Å². The molecule has 1 aromatic heterocycles. The van der Waals surface area contributed by atoms with E-state index in [-0.39, 0.29) is 6.42 Å². The van der Waals surface area contributed by atoms with Gasteiger partial charge in [-0.1, -0.05) is 48.5 Å². The van der Waals surface area contributed by atoms with Gasteiger partial charge in [-0.15, -0.1) is 0 Å². The Morgan fingerprint density at radius 1 is 0.815 bits per heavy atom. The largest absolute Gasteiger partial charge is 0.328 e. The van der Waals surface area contributed by atoms with Crippen LogP contribution in [0.2, 0.25) is 0 Å². The Kier molecular flexibility index (Phi) is 4.12. The van der Waals surface area contributed by atoms with Gasteiger partial charge in [0.1, 0.15) is 6.33 Å². The van der Waals surface area contributed by atoms with Gasteiger partial charge in [0.2, 0.25) is 11.8 Å². The number of rotatable bonds is 4. The van der Waals surface area contributed by atoms with E-state index in [4.69, 9.17) is 0 Å². The van der Waals surface area contributed by atoms with Crippen molar-refractivity contribution in [3.8, 4) is 0 Å². The highest BCUT2D eigenvalue weighted by molar-refractivity contribution is 6.23. The van der Waals surface area contributed by atoms with Crippen LogP contribution >= 0.6 is 0 Å². The lowest BCUT2D eigenvalue weighted by atomic mass is 9.74. The van der Waals surface area contributed by atoms with Crippen molar-refractivity contribution < 1.29 is 14.4 Å². The molecule has 7 heteroatoms. The maximum absolute atomic E-state index is 12.9. The smallest absolute Gasteiger partial charge is 0.276 e. The first-order valence-corrected chi connectivity index (χ1v) is 8.52. The van der Waals surface area contributed by atoms with E-state index in [1.807, 2.05) is 36.4 Å². The lowest BCUT2D eigenvalue weighted by Gasteiger charge is -2.34. The number of aryl methyl sites for hydroxylation is 1. The quantitative estimate of drug-likeness (QED) is 0.692. The summed E-state index contributed by atoms with van der Waals surface area (Å²) in [7, 11) is 0. The molecule has 134 valence electrons. The van der Waals surface area contributed by atoms with Gasteiger partial charge in [-0.3, -0.25) is 20.2 Å². The highest BCUT2D eigenvalue weighted by atomic mass is 16.2. The fraction of sp³-hybridized carbons (Fsp3) is 0.150. The monoisotopic (exact) mass is 360 g/mol. The standard InChI is InChI=1S/C20H16N4O3/c25-17-20(18(26)24-19(27)23-17,11-10-13-6-2-1-3-7-13)16-14-8-4-5-9-15(14)21-12-22-16/h1-9,12H,10-11H2,(H2,23,24,25,26,27). The highest BCUT2D eigenvalue weighted by Gasteiger charge is 2.53. The van der Waals surface area contributed by atoms with Crippen LogP contribution in [0.4, 0.5) is 4.79 Å². The average Bonchev–Trinajstić information content (AvgIpc) is 2.68. The summed E-state index contributed by atoms with van der Waals surface area (Å²) in [5.41, 5.74) is 0.282. The molecule has 3 aromatic rings. The number of urea groups is 1. The van der Waals surface area contributed by atoms with Crippen molar-refractivity contribution in [3.63, 3.8) is 0 Å². The van der Waals surface area contributed by atoms with E-state index in [1.54, 1.807) is 18.2 Å². The molecule has 4 amide bonds. The molecule has 0 radical (unpaired) electrons. The van der Waals surface area contributed by atoms with Crippen molar-refractivity contribution in [3.05, 3.63) is 72.2 Å². The van der Waals surface area contributed by atoms with E-state index in [9.17, 15) is 14.4 Å². The molecule has 0 bridgehead atoms. The van der Waals surface area contributed by atoms with Crippen LogP contribution in [0.15, 0.2) is 60.9 Å². The molecule has 27 heavy (non-hydrogen) atoms. The molecule has 0 spiro atoms. The van der Waals surface area contributed by atoms with Crippen molar-refractivity contribution in [1.82, 2.24) is 20.6 Å². The van der Waals surface area contributed by atoms with E-state index in [2.05, 4.69) is 20.6 Å². The lowest BCUT2D eigenvalue weighted by molar-refractivity contribution is -0.139. The second-order valence-corrected chi connectivity index (χ2v) is 6.37. The molecule has 2 heterocycles. The number of fused-ring (bicyclic) bond motifs is 1. The summed E-state index contributed by atoms with van der Waals surface area (Å²) < 4.78 is 0. The van der Waals surface area contributed by atoms with Crippen LogP contribution in [0.3, 0.4) is 0 Å². The van der Waals surface area contributed by atoms with Gasteiger partial charge in [-0.05, 0) is 24.5 Å². The first kappa shape index (κ1) is 16.8. The number of hydrogen-bond donors (Lipinski definition) is 2. The number of carbonyl (C=O) groups excluding carboxylic acids is 3. The molecule has 0 atom stereocenters. The minimum atomic E-state index is -1.62. The Hall–Kier alpha value is -3.61. The van der Waals surface area contributed by atoms with Crippen LogP contribution in [0.1, 0.15) is 17.7 Å². The van der Waals surface area contributed by atoms with Gasteiger partial charge < -0.3 is 0 Å². The number of amides is 4. The molecular formula is C20H16N4O3. The number of nitrogens with one attached hydrogen (secondary N) is 2. The SMILES string of the molecule is O=C1NC(=O)C(CCc2ccccc2)(c2ncnc3ccccc23)C(=O)N1. The van der Waals surface area contributed by atoms with E-state index in [0.717, 1.165) is 5.56 Å². The number of hydrogen-bond acceptors (Lipinski definition) is 5. The molecule has 7 nitrogen and oxygen atoms in total. The summed E-state index contributed by atoms with van der Waals surface area (Å²) in [5, 5.41) is 5.06. The van der Waals surface area contributed by atoms with E-state index in [0.29, 0.717) is 23.0 Å². The maximum Gasteiger partial charge on any atom is 0.328 e. The third-order valence-electron chi connectivity index (χ3n) is 4.81. The van der Waals surface area contributed by atoms with E-state index < -0.39 is 23.3 Å². The summed E-state index contributed by atoms with van der Waals surface area (Å²) in [6.07, 6.45) is 1.97. The summed E-state index contributed by atoms with van der Waals surface area (Å²) in [6, 6.07) is 15.9. The number of para-hydroxylation sites is 1. The lowest BCUT2D eigenvalue weighted by Crippen LogP contribution is -2.65. The van der Waals surface area contributed by atoms with Gasteiger partial charge in [0.05, 0.1) is 11.2 Å². The molecule has 1 saturated heterocycles. The number of benzene rings is 2. The molecule has 2 aromatic carbocycles. The minimum absolute atomic E-state index is 0.170. The third kappa shape index (κ3) is 2.83. The molecule has 4 rings (SSSR count). The van der Waals surface area contributed by atoms with Crippen LogP contribution in [-0.4, -0.2) is 27.8 Å². The van der Waals surface area contributed by atoms with Crippen molar-refractivity contribution >= 4 is 28.7 Å². The maximum atomic E-state index is 12.9. The first-order chi connectivity index (χ1) is 13.1. The van der Waals surface area contributed by atoms with E-state index in [1.165, 1.54) is 6.33 Å². The number of imide groups is 2. The zero-order valence-corrected chi connectivity index (χ0v) is 14.3. The van der Waals surface area contributed by atoms with Gasteiger partial charge in [-0.25, -0.2) is 14.8 Å². The van der Waals surface area contributed by atoms with Gasteiger partial charge in [0.25, 0.3) is 0 Å². The number of barbiturate groups is 1. The fourth-order valence-electron chi connectivity index (χ4n) is 3.44. The summed E-state index contributed by atoms with van der Waals surface area (Å²) >= 11 is 0. The second kappa shape index (κ2) is 6.60. The zero-order valence-electron chi connectivity index (χ0n) is 14.3. The van der Waals surface area contributed by atoms with Crippen LogP contribution in [-0.2, 0) is 21.4 Å². The van der Waals surface area contributed by atoms with Crippen LogP contribution < -0.4 is 10.6 Å². The molecule has 2 N–H and O–H groups in total. The van der Waals surface area contributed by atoms with Crippen molar-refractivity contribution in [2.24, 2.45) is 0 Å². The topological polar surface area (TPSA) is 101 Å². The van der Waals surface area contributed by atoms with Gasteiger partial charge in [0.15, 0.2) is 5.41 Å². The predicted octanol–water partition coefficient (Wildman–Crippen LogP) is 1.87. The normalized spacial score (nSPS) is 16.1. The van der Waals surface area contributed by atoms with Crippen LogP contribution in [0.25, 0.3) is 10.9 Å². The Balaban J connectivity index is 1.86. The fourth-order valence-corrected chi connectivity index (χ4v) is 3.44. The third-order valence-corrected chi connectivity index (χ3v) is 4.81. The number of carbonyl (C=O) groups is 3. The van der Waals surface area contributed by atoms with Crippen LogP contribution in [0.5, 0.6) is 0 Å². The van der Waals surface area contributed by atoms with Gasteiger partial charge >= 0.3 is 6.03 Å². The summed E-state index contributed by atoms with van der Waals surface area (Å²) in [5.74, 6) is -1.34. The molecule has 0 aliphatic carbocycles. The number of aromatic nitrogens is 2. The second-order valence-electron chi connectivity index (χ2n) is 6.37. The molecule has 1 aliphatic rings.